The van der Waals surface area contributed by atoms with Crippen LogP contribution in [0.2, 0.25) is 0 Å². The molecule has 4 fully saturated rings. The molecule has 0 aromatic rings. The van der Waals surface area contributed by atoms with Crippen molar-refractivity contribution >= 4 is 35.8 Å². The predicted octanol–water partition coefficient (Wildman–Crippen LogP) is 3.40. The second-order valence-corrected chi connectivity index (χ2v) is 14.0. The lowest BCUT2D eigenvalue weighted by Crippen LogP contribution is -2.53. The standard InChI is InChI=1S/C37H58N8O4/c1-6-8-30-31(36(49)45(35(30)48)32(9-7-2)34(47)40-26-46)11-10-27(3)42-20-17-37(18-21-42)15-12-29(13-16-37)43-22-24-44(25-23-43)33(14-19-38)41-28(4)39-5/h8,11,14,19,26-27,29,32H,6-7,9-10,12-13,15-18,20-25,38H2,1-5H3,(H,40,46,47)/b19-14+,30-8+,31-11+,39-28?,41-33?. The number of amidine groups is 2. The minimum Gasteiger partial charge on any atom is -0.404 e. The van der Waals surface area contributed by atoms with Gasteiger partial charge in [0.1, 0.15) is 17.7 Å². The Morgan fingerprint density at radius 2 is 1.63 bits per heavy atom. The van der Waals surface area contributed by atoms with Gasteiger partial charge >= 0.3 is 0 Å². The highest BCUT2D eigenvalue weighted by molar-refractivity contribution is 6.26. The lowest BCUT2D eigenvalue weighted by molar-refractivity contribution is -0.146. The number of rotatable bonds is 11. The molecule has 12 nitrogen and oxygen atoms in total. The molecule has 3 saturated heterocycles. The Bertz CT molecular complexity index is 1340. The number of imide groups is 2. The number of nitrogens with zero attached hydrogens (tertiary/aromatic N) is 6. The highest BCUT2D eigenvalue weighted by atomic mass is 16.2. The van der Waals surface area contributed by atoms with Gasteiger partial charge in [-0.3, -0.25) is 39.3 Å². The van der Waals surface area contributed by atoms with Crippen molar-refractivity contribution in [1.29, 1.82) is 0 Å². The minimum atomic E-state index is -1.01. The second-order valence-electron chi connectivity index (χ2n) is 14.0. The zero-order valence-electron chi connectivity index (χ0n) is 30.3. The SMILES string of the molecule is CC/C=C1/C(=O)N(C(CCC)C(=O)NC=O)C(=O)/C1=C/CC(C)N1CCC2(CCC(N3CCN(C(/C=C/N)=NC(C)=NC)CC3)CC2)CC1. The van der Waals surface area contributed by atoms with E-state index in [1.54, 1.807) is 19.3 Å². The maximum Gasteiger partial charge on any atom is 0.261 e. The third-order valence-electron chi connectivity index (χ3n) is 11.1. The van der Waals surface area contributed by atoms with Crippen molar-refractivity contribution in [3.63, 3.8) is 0 Å². The van der Waals surface area contributed by atoms with Gasteiger partial charge < -0.3 is 15.5 Å². The molecule has 3 heterocycles. The molecule has 1 saturated carbocycles. The Labute approximate surface area is 292 Å². The van der Waals surface area contributed by atoms with Crippen molar-refractivity contribution in [3.8, 4) is 0 Å². The fourth-order valence-electron chi connectivity index (χ4n) is 8.06. The molecule has 3 N–H and O–H groups in total. The lowest BCUT2D eigenvalue weighted by Gasteiger charge is -2.50. The largest absolute Gasteiger partial charge is 0.404 e. The number of carbonyl (C=O) groups is 4. The molecule has 2 unspecified atom stereocenters. The quantitative estimate of drug-likeness (QED) is 0.111. The third kappa shape index (κ3) is 9.13. The summed E-state index contributed by atoms with van der Waals surface area (Å²) in [6.45, 7) is 13.9. The number of hydrogen-bond acceptors (Lipinski definition) is 8. The molecule has 0 aromatic heterocycles. The molecule has 12 heteroatoms. The van der Waals surface area contributed by atoms with E-state index in [4.69, 9.17) is 5.73 Å². The van der Waals surface area contributed by atoms with Crippen LogP contribution in [0, 0.1) is 5.41 Å². The Morgan fingerprint density at radius 3 is 2.18 bits per heavy atom. The number of allylic oxidation sites excluding steroid dienone is 1. The summed E-state index contributed by atoms with van der Waals surface area (Å²) in [5, 5.41) is 2.13. The van der Waals surface area contributed by atoms with Crippen LogP contribution in [0.4, 0.5) is 0 Å². The van der Waals surface area contributed by atoms with Gasteiger partial charge in [0, 0.05) is 56.5 Å². The van der Waals surface area contributed by atoms with Gasteiger partial charge in [0.05, 0.1) is 0 Å². The second kappa shape index (κ2) is 17.8. The Hall–Kier alpha value is -3.64. The molecule has 1 spiro atoms. The van der Waals surface area contributed by atoms with Gasteiger partial charge in [-0.1, -0.05) is 32.4 Å². The molecule has 3 aliphatic heterocycles. The van der Waals surface area contributed by atoms with E-state index in [-0.39, 0.29) is 6.04 Å². The van der Waals surface area contributed by atoms with Crippen LogP contribution in [-0.4, -0.2) is 120 Å². The molecule has 0 aromatic carbocycles. The number of likely N-dealkylation sites (tertiary alicyclic amines) is 2. The van der Waals surface area contributed by atoms with Crippen LogP contribution in [0.25, 0.3) is 0 Å². The van der Waals surface area contributed by atoms with Gasteiger partial charge in [0.2, 0.25) is 12.3 Å². The lowest BCUT2D eigenvalue weighted by atomic mass is 9.66. The zero-order valence-corrected chi connectivity index (χ0v) is 30.3. The molecular formula is C37H58N8O4. The number of aliphatic imine (C=N–C) groups is 2. The predicted molar refractivity (Wildman–Crippen MR) is 194 cm³/mol. The summed E-state index contributed by atoms with van der Waals surface area (Å²) in [7, 11) is 1.75. The maximum absolute atomic E-state index is 13.6. The van der Waals surface area contributed by atoms with Gasteiger partial charge in [-0.25, -0.2) is 4.99 Å². The number of carbonyl (C=O) groups excluding carboxylic acids is 4. The summed E-state index contributed by atoms with van der Waals surface area (Å²) < 4.78 is 0. The topological polar surface area (TPSA) is 144 Å². The first-order chi connectivity index (χ1) is 23.6. The number of piperidine rings is 1. The van der Waals surface area contributed by atoms with Crippen LogP contribution in [0.1, 0.15) is 91.9 Å². The fourth-order valence-corrected chi connectivity index (χ4v) is 8.06. The molecule has 2 atom stereocenters. The molecule has 4 rings (SSSR count). The van der Waals surface area contributed by atoms with Gasteiger partial charge in [-0.15, -0.1) is 0 Å². The monoisotopic (exact) mass is 678 g/mol. The van der Waals surface area contributed by atoms with Crippen molar-refractivity contribution in [1.82, 2.24) is 24.9 Å². The smallest absolute Gasteiger partial charge is 0.261 e. The summed E-state index contributed by atoms with van der Waals surface area (Å²) in [4.78, 5) is 67.9. The van der Waals surface area contributed by atoms with Crippen LogP contribution in [0.15, 0.2) is 45.6 Å². The summed E-state index contributed by atoms with van der Waals surface area (Å²) in [5.74, 6) is 0.0950. The van der Waals surface area contributed by atoms with Crippen molar-refractivity contribution in [2.24, 2.45) is 21.1 Å². The molecule has 1 aliphatic carbocycles. The van der Waals surface area contributed by atoms with Gasteiger partial charge in [-0.05, 0) is 102 Å². The summed E-state index contributed by atoms with van der Waals surface area (Å²) >= 11 is 0. The molecule has 0 radical (unpaired) electrons. The summed E-state index contributed by atoms with van der Waals surface area (Å²) in [6, 6.07) is -0.149. The highest BCUT2D eigenvalue weighted by Crippen LogP contribution is 2.46. The van der Waals surface area contributed by atoms with Crippen LogP contribution < -0.4 is 11.1 Å². The van der Waals surface area contributed by atoms with Crippen LogP contribution >= 0.6 is 0 Å². The molecule has 0 bridgehead atoms. The number of amides is 4. The van der Waals surface area contributed by atoms with Gasteiger partial charge in [-0.2, -0.15) is 0 Å². The normalized spacial score (nSPS) is 24.8. The first-order valence-electron chi connectivity index (χ1n) is 18.3. The Morgan fingerprint density at radius 1 is 1.00 bits per heavy atom. The van der Waals surface area contributed by atoms with E-state index < -0.39 is 23.8 Å². The first-order valence-corrected chi connectivity index (χ1v) is 18.3. The van der Waals surface area contributed by atoms with Crippen LogP contribution in [-0.2, 0) is 19.2 Å². The zero-order chi connectivity index (χ0) is 35.6. The molecular weight excluding hydrogens is 620 g/mol. The molecule has 49 heavy (non-hydrogen) atoms. The van der Waals surface area contributed by atoms with E-state index in [0.29, 0.717) is 54.7 Å². The van der Waals surface area contributed by atoms with E-state index >= 15 is 0 Å². The molecule has 270 valence electrons. The number of nitrogens with two attached hydrogens (primary N) is 1. The van der Waals surface area contributed by atoms with E-state index in [1.165, 1.54) is 38.5 Å². The van der Waals surface area contributed by atoms with Gasteiger partial charge in [0.25, 0.3) is 11.8 Å². The third-order valence-corrected chi connectivity index (χ3v) is 11.1. The van der Waals surface area contributed by atoms with Crippen LogP contribution in [0.3, 0.4) is 0 Å². The average molecular weight is 679 g/mol. The molecule has 4 aliphatic rings. The van der Waals surface area contributed by atoms with Crippen molar-refractivity contribution in [2.45, 2.75) is 110 Å². The fraction of sp³-hybridized carbons (Fsp3) is 0.676. The number of hydrogen-bond donors (Lipinski definition) is 2. The van der Waals surface area contributed by atoms with Crippen molar-refractivity contribution in [3.05, 3.63) is 35.6 Å². The van der Waals surface area contributed by atoms with E-state index in [9.17, 15) is 19.2 Å². The number of piperazine rings is 1. The van der Waals surface area contributed by atoms with Gasteiger partial charge in [0.15, 0.2) is 0 Å². The Balaban J connectivity index is 1.29. The van der Waals surface area contributed by atoms with Crippen LogP contribution in [0.5, 0.6) is 0 Å². The van der Waals surface area contributed by atoms with E-state index in [1.807, 2.05) is 32.9 Å². The summed E-state index contributed by atoms with van der Waals surface area (Å²) in [6.07, 6.45) is 16.9. The number of nitrogens with one attached hydrogen (secondary N) is 1. The molecule has 4 amide bonds. The minimum absolute atomic E-state index is 0.219. The van der Waals surface area contributed by atoms with Crippen molar-refractivity contribution in [2.75, 3.05) is 46.3 Å². The van der Waals surface area contributed by atoms with E-state index in [0.717, 1.165) is 55.8 Å². The summed E-state index contributed by atoms with van der Waals surface area (Å²) in [5.41, 5.74) is 6.85. The average Bonchev–Trinajstić information content (AvgIpc) is 3.34. The Kier molecular flexibility index (Phi) is 13.9. The van der Waals surface area contributed by atoms with Crippen molar-refractivity contribution < 1.29 is 19.2 Å². The maximum atomic E-state index is 13.6. The first kappa shape index (κ1) is 38.2. The highest BCUT2D eigenvalue weighted by Gasteiger charge is 2.45. The van der Waals surface area contributed by atoms with E-state index in [2.05, 4.69) is 36.9 Å².